The van der Waals surface area contributed by atoms with Crippen LogP contribution in [0, 0.1) is 10.1 Å². The van der Waals surface area contributed by atoms with Crippen LogP contribution >= 0.6 is 11.8 Å². The third-order valence-corrected chi connectivity index (χ3v) is 6.18. The SMILES string of the molecule is COc1ccc(NC(=O)CN2C(=O)S/C(=C/c3ccccc3OCc3cccc([N+](=O)[O-])c3)C2=O)cc1. The number of rotatable bonds is 9. The van der Waals surface area contributed by atoms with Gasteiger partial charge in [0.2, 0.25) is 5.91 Å². The van der Waals surface area contributed by atoms with Crippen molar-refractivity contribution in [2.75, 3.05) is 19.0 Å². The van der Waals surface area contributed by atoms with Crippen LogP contribution < -0.4 is 14.8 Å². The minimum Gasteiger partial charge on any atom is -0.497 e. The molecule has 1 aliphatic rings. The average molecular weight is 520 g/mol. The summed E-state index contributed by atoms with van der Waals surface area (Å²) >= 11 is 0.730. The number of nitro benzene ring substituents is 1. The molecule has 3 aromatic rings. The van der Waals surface area contributed by atoms with Gasteiger partial charge in [-0.2, -0.15) is 0 Å². The van der Waals surface area contributed by atoms with Gasteiger partial charge in [-0.3, -0.25) is 29.4 Å². The number of thioether (sulfide) groups is 1. The molecule has 4 rings (SSSR count). The molecule has 188 valence electrons. The third kappa shape index (κ3) is 6.33. The summed E-state index contributed by atoms with van der Waals surface area (Å²) in [4.78, 5) is 49.4. The second-order valence-electron chi connectivity index (χ2n) is 7.80. The number of carbonyl (C=O) groups excluding carboxylic acids is 3. The van der Waals surface area contributed by atoms with Crippen molar-refractivity contribution >= 4 is 46.3 Å². The van der Waals surface area contributed by atoms with E-state index in [9.17, 15) is 24.5 Å². The largest absolute Gasteiger partial charge is 0.497 e. The van der Waals surface area contributed by atoms with Crippen molar-refractivity contribution in [3.8, 4) is 11.5 Å². The van der Waals surface area contributed by atoms with E-state index in [-0.39, 0.29) is 17.2 Å². The fourth-order valence-corrected chi connectivity index (χ4v) is 4.28. The number of nitro groups is 1. The Morgan fingerprint density at radius 2 is 1.84 bits per heavy atom. The number of hydrogen-bond donors (Lipinski definition) is 1. The van der Waals surface area contributed by atoms with Gasteiger partial charge in [-0.25, -0.2) is 0 Å². The predicted molar refractivity (Wildman–Crippen MR) is 138 cm³/mol. The van der Waals surface area contributed by atoms with Crippen molar-refractivity contribution in [3.63, 3.8) is 0 Å². The van der Waals surface area contributed by atoms with Crippen LogP contribution in [0.15, 0.2) is 77.7 Å². The number of para-hydroxylation sites is 1. The first-order valence-corrected chi connectivity index (χ1v) is 11.8. The first-order valence-electron chi connectivity index (χ1n) is 11.0. The average Bonchev–Trinajstić information content (AvgIpc) is 3.16. The zero-order chi connectivity index (χ0) is 26.4. The van der Waals surface area contributed by atoms with Crippen molar-refractivity contribution in [3.05, 3.63) is 98.9 Å². The van der Waals surface area contributed by atoms with E-state index >= 15 is 0 Å². The van der Waals surface area contributed by atoms with Gasteiger partial charge < -0.3 is 14.8 Å². The Labute approximate surface area is 216 Å². The second kappa shape index (κ2) is 11.4. The summed E-state index contributed by atoms with van der Waals surface area (Å²) in [7, 11) is 1.53. The molecule has 11 heteroatoms. The summed E-state index contributed by atoms with van der Waals surface area (Å²) in [6.45, 7) is -0.363. The standard InChI is InChI=1S/C26H21N3O7S/c1-35-21-11-9-19(10-12-21)27-24(30)15-28-25(31)23(37-26(28)32)14-18-6-2-3-8-22(18)36-16-17-5-4-7-20(13-17)29(33)34/h2-14H,15-16H2,1H3,(H,27,30)/b23-14+. The Balaban J connectivity index is 1.43. The molecule has 0 unspecified atom stereocenters. The topological polar surface area (TPSA) is 128 Å². The van der Waals surface area contributed by atoms with E-state index in [0.29, 0.717) is 28.3 Å². The molecule has 3 aromatic carbocycles. The summed E-state index contributed by atoms with van der Waals surface area (Å²) in [5, 5.41) is 13.1. The minimum absolute atomic E-state index is 0.0425. The molecule has 37 heavy (non-hydrogen) atoms. The van der Waals surface area contributed by atoms with Gasteiger partial charge in [-0.15, -0.1) is 0 Å². The molecule has 0 radical (unpaired) electrons. The summed E-state index contributed by atoms with van der Waals surface area (Å²) in [6.07, 6.45) is 1.52. The van der Waals surface area contributed by atoms with E-state index in [1.165, 1.54) is 25.3 Å². The Morgan fingerprint density at radius 1 is 1.08 bits per heavy atom. The van der Waals surface area contributed by atoms with E-state index < -0.39 is 28.5 Å². The highest BCUT2D eigenvalue weighted by Gasteiger charge is 2.36. The lowest BCUT2D eigenvalue weighted by atomic mass is 10.1. The van der Waals surface area contributed by atoms with Gasteiger partial charge in [0.25, 0.3) is 16.8 Å². The van der Waals surface area contributed by atoms with Crippen molar-refractivity contribution < 1.29 is 28.8 Å². The summed E-state index contributed by atoms with van der Waals surface area (Å²) in [5.41, 5.74) is 1.61. The third-order valence-electron chi connectivity index (χ3n) is 5.27. The smallest absolute Gasteiger partial charge is 0.294 e. The number of nitrogens with one attached hydrogen (secondary N) is 1. The van der Waals surface area contributed by atoms with Gasteiger partial charge in [-0.1, -0.05) is 30.3 Å². The van der Waals surface area contributed by atoms with Gasteiger partial charge in [0.1, 0.15) is 24.7 Å². The number of carbonyl (C=O) groups is 3. The number of non-ortho nitro benzene ring substituents is 1. The van der Waals surface area contributed by atoms with Gasteiger partial charge >= 0.3 is 0 Å². The molecule has 0 saturated carbocycles. The van der Waals surface area contributed by atoms with Crippen molar-refractivity contribution in [2.45, 2.75) is 6.61 Å². The lowest BCUT2D eigenvalue weighted by Gasteiger charge is -2.13. The number of benzene rings is 3. The molecule has 1 N–H and O–H groups in total. The van der Waals surface area contributed by atoms with Crippen LogP contribution in [0.2, 0.25) is 0 Å². The van der Waals surface area contributed by atoms with Crippen LogP contribution in [0.1, 0.15) is 11.1 Å². The van der Waals surface area contributed by atoms with E-state index in [1.54, 1.807) is 60.7 Å². The molecule has 1 saturated heterocycles. The van der Waals surface area contributed by atoms with E-state index in [4.69, 9.17) is 9.47 Å². The van der Waals surface area contributed by atoms with Gasteiger partial charge in [0, 0.05) is 23.4 Å². The lowest BCUT2D eigenvalue weighted by molar-refractivity contribution is -0.384. The fraction of sp³-hybridized carbons (Fsp3) is 0.115. The lowest BCUT2D eigenvalue weighted by Crippen LogP contribution is -2.36. The quantitative estimate of drug-likeness (QED) is 0.241. The van der Waals surface area contributed by atoms with Crippen LogP contribution in [-0.2, 0) is 16.2 Å². The molecule has 1 fully saturated rings. The van der Waals surface area contributed by atoms with E-state index in [0.717, 1.165) is 16.7 Å². The van der Waals surface area contributed by atoms with E-state index in [2.05, 4.69) is 5.32 Å². The minimum atomic E-state index is -0.589. The highest BCUT2D eigenvalue weighted by molar-refractivity contribution is 8.18. The Morgan fingerprint density at radius 3 is 2.57 bits per heavy atom. The molecule has 1 aliphatic heterocycles. The number of methoxy groups -OCH3 is 1. The zero-order valence-electron chi connectivity index (χ0n) is 19.6. The van der Waals surface area contributed by atoms with Crippen molar-refractivity contribution in [1.29, 1.82) is 0 Å². The molecule has 0 bridgehead atoms. The molecule has 0 spiro atoms. The molecular weight excluding hydrogens is 498 g/mol. The summed E-state index contributed by atoms with van der Waals surface area (Å²) in [5.74, 6) is -0.0516. The molecule has 0 atom stereocenters. The molecule has 0 aromatic heterocycles. The van der Waals surface area contributed by atoms with Crippen LogP contribution in [-0.4, -0.2) is 40.5 Å². The summed E-state index contributed by atoms with van der Waals surface area (Å²) in [6, 6.07) is 19.6. The predicted octanol–water partition coefficient (Wildman–Crippen LogP) is 4.86. The second-order valence-corrected chi connectivity index (χ2v) is 8.79. The van der Waals surface area contributed by atoms with Crippen LogP contribution in [0.3, 0.4) is 0 Å². The number of amides is 3. The van der Waals surface area contributed by atoms with Crippen molar-refractivity contribution in [2.24, 2.45) is 0 Å². The number of anilines is 1. The number of hydrogen-bond acceptors (Lipinski definition) is 8. The molecule has 3 amide bonds. The number of nitrogens with zero attached hydrogens (tertiary/aromatic N) is 2. The molecule has 10 nitrogen and oxygen atoms in total. The normalized spacial score (nSPS) is 14.1. The molecular formula is C26H21N3O7S. The van der Waals surface area contributed by atoms with Crippen LogP contribution in [0.25, 0.3) is 6.08 Å². The highest BCUT2D eigenvalue weighted by atomic mass is 32.2. The Bertz CT molecular complexity index is 1390. The number of imide groups is 1. The molecule has 0 aliphatic carbocycles. The zero-order valence-corrected chi connectivity index (χ0v) is 20.4. The monoisotopic (exact) mass is 519 g/mol. The van der Waals surface area contributed by atoms with Crippen LogP contribution in [0.4, 0.5) is 16.2 Å². The van der Waals surface area contributed by atoms with Gasteiger partial charge in [0.05, 0.1) is 16.9 Å². The Kier molecular flexibility index (Phi) is 7.84. The maximum absolute atomic E-state index is 12.9. The van der Waals surface area contributed by atoms with Gasteiger partial charge in [-0.05, 0) is 53.7 Å². The maximum atomic E-state index is 12.9. The molecule has 1 heterocycles. The van der Waals surface area contributed by atoms with E-state index in [1.807, 2.05) is 0 Å². The summed E-state index contributed by atoms with van der Waals surface area (Å²) < 4.78 is 10.9. The van der Waals surface area contributed by atoms with Crippen molar-refractivity contribution in [1.82, 2.24) is 4.90 Å². The number of ether oxygens (including phenoxy) is 2. The van der Waals surface area contributed by atoms with Crippen LogP contribution in [0.5, 0.6) is 11.5 Å². The maximum Gasteiger partial charge on any atom is 0.294 e. The Hall–Kier alpha value is -4.64. The first kappa shape index (κ1) is 25.5. The van der Waals surface area contributed by atoms with Gasteiger partial charge in [0.15, 0.2) is 0 Å². The fourth-order valence-electron chi connectivity index (χ4n) is 3.45. The highest BCUT2D eigenvalue weighted by Crippen LogP contribution is 2.34. The first-order chi connectivity index (χ1) is 17.8.